The Bertz CT molecular complexity index is 416. The molecule has 1 saturated heterocycles. The van der Waals surface area contributed by atoms with Gasteiger partial charge in [0.25, 0.3) is 0 Å². The lowest BCUT2D eigenvalue weighted by atomic mass is 9.57. The van der Waals surface area contributed by atoms with Gasteiger partial charge in [-0.1, -0.05) is 13.8 Å². The van der Waals surface area contributed by atoms with Crippen molar-refractivity contribution in [3.05, 3.63) is 23.8 Å². The summed E-state index contributed by atoms with van der Waals surface area (Å²) in [6, 6.07) is 0. The molecule has 4 nitrogen and oxygen atoms in total. The normalized spacial score (nSPS) is 24.5. The summed E-state index contributed by atoms with van der Waals surface area (Å²) in [6.45, 7) is 5.77. The van der Waals surface area contributed by atoms with E-state index in [1.54, 1.807) is 0 Å². The van der Waals surface area contributed by atoms with Gasteiger partial charge in [0.1, 0.15) is 5.60 Å². The number of hydrogen-bond donors (Lipinski definition) is 1. The summed E-state index contributed by atoms with van der Waals surface area (Å²) < 4.78 is 5.21. The Hall–Kier alpha value is -1.00. The van der Waals surface area contributed by atoms with E-state index in [0.717, 1.165) is 31.6 Å². The molecule has 0 radical (unpaired) electrons. The predicted molar refractivity (Wildman–Crippen MR) is 62.5 cm³/mol. The SMILES string of the molecule is CC(C)c1cnc(C2(O)CC3(COC3)C2)nc1. The molecule has 1 aromatic heterocycles. The molecule has 0 atom stereocenters. The molecular weight excluding hydrogens is 216 g/mol. The van der Waals surface area contributed by atoms with Crippen LogP contribution < -0.4 is 0 Å². The summed E-state index contributed by atoms with van der Waals surface area (Å²) in [5.74, 6) is 0.992. The maximum absolute atomic E-state index is 10.4. The van der Waals surface area contributed by atoms with Gasteiger partial charge in [0.15, 0.2) is 5.82 Å². The van der Waals surface area contributed by atoms with Crippen molar-refractivity contribution in [1.82, 2.24) is 9.97 Å². The van der Waals surface area contributed by atoms with Gasteiger partial charge in [-0.05, 0) is 24.3 Å². The number of ether oxygens (including phenoxy) is 1. The van der Waals surface area contributed by atoms with E-state index >= 15 is 0 Å². The highest BCUT2D eigenvalue weighted by Gasteiger charge is 2.59. The lowest BCUT2D eigenvalue weighted by Crippen LogP contribution is -2.60. The standard InChI is InChI=1S/C13H18N2O2/c1-9(2)10-3-14-11(15-4-10)13(16)5-12(6-13)7-17-8-12/h3-4,9,16H,5-8H2,1-2H3. The number of nitrogens with zero attached hydrogens (tertiary/aromatic N) is 2. The molecule has 0 amide bonds. The molecule has 4 heteroatoms. The predicted octanol–water partition coefficient (Wildman–Crippen LogP) is 1.60. The largest absolute Gasteiger partial charge is 0.382 e. The molecule has 1 saturated carbocycles. The second-order valence-electron chi connectivity index (χ2n) is 5.87. The second kappa shape index (κ2) is 3.50. The van der Waals surface area contributed by atoms with Gasteiger partial charge in [0.05, 0.1) is 13.2 Å². The molecule has 0 bridgehead atoms. The van der Waals surface area contributed by atoms with E-state index < -0.39 is 5.60 Å². The Morgan fingerprint density at radius 3 is 2.24 bits per heavy atom. The maximum Gasteiger partial charge on any atom is 0.160 e. The van der Waals surface area contributed by atoms with Crippen LogP contribution in [0.3, 0.4) is 0 Å². The zero-order valence-corrected chi connectivity index (χ0v) is 10.3. The molecule has 2 heterocycles. The van der Waals surface area contributed by atoms with Crippen LogP contribution in [0.5, 0.6) is 0 Å². The van der Waals surface area contributed by atoms with E-state index in [4.69, 9.17) is 4.74 Å². The Morgan fingerprint density at radius 2 is 1.82 bits per heavy atom. The third kappa shape index (κ3) is 1.67. The van der Waals surface area contributed by atoms with Crippen LogP contribution >= 0.6 is 0 Å². The topological polar surface area (TPSA) is 55.2 Å². The third-order valence-electron chi connectivity index (χ3n) is 3.91. The molecule has 17 heavy (non-hydrogen) atoms. The minimum Gasteiger partial charge on any atom is -0.382 e. The van der Waals surface area contributed by atoms with E-state index in [1.165, 1.54) is 0 Å². The van der Waals surface area contributed by atoms with Crippen LogP contribution in [-0.4, -0.2) is 28.3 Å². The van der Waals surface area contributed by atoms with Crippen LogP contribution in [-0.2, 0) is 10.3 Å². The zero-order chi connectivity index (χ0) is 12.1. The van der Waals surface area contributed by atoms with Gasteiger partial charge in [0, 0.05) is 17.8 Å². The van der Waals surface area contributed by atoms with Gasteiger partial charge < -0.3 is 9.84 Å². The Labute approximate surface area is 101 Å². The van der Waals surface area contributed by atoms with Gasteiger partial charge in [-0.25, -0.2) is 9.97 Å². The monoisotopic (exact) mass is 234 g/mol. The molecular formula is C13H18N2O2. The van der Waals surface area contributed by atoms with Crippen LogP contribution in [0.4, 0.5) is 0 Å². The van der Waals surface area contributed by atoms with E-state index in [-0.39, 0.29) is 5.41 Å². The average Bonchev–Trinajstić information content (AvgIpc) is 2.22. The van der Waals surface area contributed by atoms with Crippen molar-refractivity contribution in [3.63, 3.8) is 0 Å². The van der Waals surface area contributed by atoms with Crippen molar-refractivity contribution in [2.45, 2.75) is 38.2 Å². The molecule has 1 spiro atoms. The lowest BCUT2D eigenvalue weighted by molar-refractivity contribution is -0.247. The average molecular weight is 234 g/mol. The first-order chi connectivity index (χ1) is 8.03. The highest BCUT2D eigenvalue weighted by atomic mass is 16.5. The fourth-order valence-corrected chi connectivity index (χ4v) is 2.82. The first kappa shape index (κ1) is 11.1. The van der Waals surface area contributed by atoms with Crippen molar-refractivity contribution in [3.8, 4) is 0 Å². The van der Waals surface area contributed by atoms with Gasteiger partial charge in [-0.2, -0.15) is 0 Å². The minimum absolute atomic E-state index is 0.217. The summed E-state index contributed by atoms with van der Waals surface area (Å²) in [4.78, 5) is 8.63. The molecule has 1 aliphatic carbocycles. The quantitative estimate of drug-likeness (QED) is 0.844. The number of rotatable bonds is 2. The number of aromatic nitrogens is 2. The van der Waals surface area contributed by atoms with E-state index in [2.05, 4.69) is 23.8 Å². The van der Waals surface area contributed by atoms with Crippen LogP contribution in [0.15, 0.2) is 12.4 Å². The van der Waals surface area contributed by atoms with Crippen LogP contribution in [0.1, 0.15) is 44.0 Å². The van der Waals surface area contributed by atoms with Crippen LogP contribution in [0.25, 0.3) is 0 Å². The Balaban J connectivity index is 1.76. The number of hydrogen-bond acceptors (Lipinski definition) is 4. The van der Waals surface area contributed by atoms with E-state index in [9.17, 15) is 5.11 Å². The fourth-order valence-electron chi connectivity index (χ4n) is 2.82. The first-order valence-electron chi connectivity index (χ1n) is 6.16. The fraction of sp³-hybridized carbons (Fsp3) is 0.692. The highest BCUT2D eigenvalue weighted by Crippen LogP contribution is 2.56. The number of aliphatic hydroxyl groups is 1. The van der Waals surface area contributed by atoms with Crippen molar-refractivity contribution in [2.24, 2.45) is 5.41 Å². The van der Waals surface area contributed by atoms with Crippen molar-refractivity contribution >= 4 is 0 Å². The van der Waals surface area contributed by atoms with Crippen LogP contribution in [0, 0.1) is 5.41 Å². The zero-order valence-electron chi connectivity index (χ0n) is 10.3. The summed E-state index contributed by atoms with van der Waals surface area (Å²) >= 11 is 0. The first-order valence-corrected chi connectivity index (χ1v) is 6.16. The maximum atomic E-state index is 10.4. The second-order valence-corrected chi connectivity index (χ2v) is 5.87. The molecule has 92 valence electrons. The van der Waals surface area contributed by atoms with Crippen molar-refractivity contribution in [2.75, 3.05) is 13.2 Å². The highest BCUT2D eigenvalue weighted by molar-refractivity contribution is 5.18. The lowest BCUT2D eigenvalue weighted by Gasteiger charge is -2.56. The Morgan fingerprint density at radius 1 is 1.24 bits per heavy atom. The van der Waals surface area contributed by atoms with Gasteiger partial charge in [-0.3, -0.25) is 0 Å². The van der Waals surface area contributed by atoms with Crippen molar-refractivity contribution in [1.29, 1.82) is 0 Å². The summed E-state index contributed by atoms with van der Waals surface area (Å²) in [5, 5.41) is 10.4. The molecule has 2 fully saturated rings. The molecule has 1 N–H and O–H groups in total. The third-order valence-corrected chi connectivity index (χ3v) is 3.91. The van der Waals surface area contributed by atoms with Gasteiger partial charge >= 0.3 is 0 Å². The Kier molecular flexibility index (Phi) is 2.28. The smallest absolute Gasteiger partial charge is 0.160 e. The summed E-state index contributed by atoms with van der Waals surface area (Å²) in [6.07, 6.45) is 5.13. The molecule has 1 aliphatic heterocycles. The molecule has 0 aromatic carbocycles. The van der Waals surface area contributed by atoms with Gasteiger partial charge in [0.2, 0.25) is 0 Å². The van der Waals surface area contributed by atoms with E-state index in [0.29, 0.717) is 11.7 Å². The van der Waals surface area contributed by atoms with Crippen LogP contribution in [0.2, 0.25) is 0 Å². The van der Waals surface area contributed by atoms with E-state index in [1.807, 2.05) is 12.4 Å². The summed E-state index contributed by atoms with van der Waals surface area (Å²) in [7, 11) is 0. The molecule has 0 unspecified atom stereocenters. The molecule has 2 aliphatic rings. The molecule has 1 aromatic rings. The summed E-state index contributed by atoms with van der Waals surface area (Å²) in [5.41, 5.74) is 0.507. The van der Waals surface area contributed by atoms with Crippen molar-refractivity contribution < 1.29 is 9.84 Å². The minimum atomic E-state index is -0.820. The van der Waals surface area contributed by atoms with Gasteiger partial charge in [-0.15, -0.1) is 0 Å². The molecule has 3 rings (SSSR count).